The number of aromatic nitrogens is 2. The maximum absolute atomic E-state index is 12.5. The van der Waals surface area contributed by atoms with Gasteiger partial charge >= 0.3 is 5.69 Å². The van der Waals surface area contributed by atoms with E-state index in [2.05, 4.69) is 15.3 Å². The van der Waals surface area contributed by atoms with E-state index in [1.807, 2.05) is 30.3 Å². The predicted octanol–water partition coefficient (Wildman–Crippen LogP) is 1.18. The second-order valence-electron chi connectivity index (χ2n) is 7.02. The molecule has 8 heteroatoms. The first-order valence-electron chi connectivity index (χ1n) is 9.40. The molecular weight excluding hydrogens is 360 g/mol. The minimum Gasteiger partial charge on any atom is -0.343 e. The number of hydrogen-bond acceptors (Lipinski definition) is 4. The number of para-hydroxylation sites is 1. The molecule has 0 radical (unpaired) electrons. The number of amides is 2. The Morgan fingerprint density at radius 2 is 1.79 bits per heavy atom. The molecule has 3 rings (SSSR count). The summed E-state index contributed by atoms with van der Waals surface area (Å²) in [6.45, 7) is 2.69. The molecule has 0 unspecified atom stereocenters. The maximum Gasteiger partial charge on any atom is 0.325 e. The van der Waals surface area contributed by atoms with Crippen LogP contribution in [0.25, 0.3) is 0 Å². The topological polar surface area (TPSA) is 115 Å². The number of aromatic amines is 2. The van der Waals surface area contributed by atoms with Crippen molar-refractivity contribution in [1.82, 2.24) is 14.9 Å². The number of anilines is 1. The van der Waals surface area contributed by atoms with Gasteiger partial charge in [0.1, 0.15) is 0 Å². The predicted molar refractivity (Wildman–Crippen MR) is 105 cm³/mol. The third-order valence-corrected chi connectivity index (χ3v) is 5.10. The van der Waals surface area contributed by atoms with E-state index in [9.17, 15) is 19.2 Å². The van der Waals surface area contributed by atoms with Gasteiger partial charge in [-0.25, -0.2) is 4.79 Å². The van der Waals surface area contributed by atoms with Gasteiger partial charge in [-0.3, -0.25) is 19.4 Å². The van der Waals surface area contributed by atoms with Crippen LogP contribution < -0.4 is 16.6 Å². The summed E-state index contributed by atoms with van der Waals surface area (Å²) in [6.07, 6.45) is 1.69. The number of hydrogen-bond donors (Lipinski definition) is 3. The third-order valence-electron chi connectivity index (χ3n) is 5.10. The standard InChI is InChI=1S/C20H24N4O4/c1-13-16(19(27)23-20(28)21-13)7-8-17(25)24-11-9-14(10-12-24)18(26)22-15-5-3-2-4-6-15/h2-6,14H,7-12H2,1H3,(H,22,26)(H2,21,23,27,28). The average molecular weight is 384 g/mol. The van der Waals surface area contributed by atoms with Crippen LogP contribution >= 0.6 is 0 Å². The van der Waals surface area contributed by atoms with Gasteiger partial charge in [-0.15, -0.1) is 0 Å². The zero-order valence-electron chi connectivity index (χ0n) is 15.8. The molecule has 148 valence electrons. The Morgan fingerprint density at radius 1 is 1.11 bits per heavy atom. The number of H-pyrrole nitrogens is 2. The molecule has 1 aromatic heterocycles. The summed E-state index contributed by atoms with van der Waals surface area (Å²) in [5, 5.41) is 2.91. The molecule has 0 saturated carbocycles. The molecule has 0 aliphatic carbocycles. The largest absolute Gasteiger partial charge is 0.343 e. The Balaban J connectivity index is 1.49. The first-order chi connectivity index (χ1) is 13.4. The molecule has 1 fully saturated rings. The second kappa shape index (κ2) is 8.69. The van der Waals surface area contributed by atoms with Crippen LogP contribution in [0.4, 0.5) is 5.69 Å². The van der Waals surface area contributed by atoms with Gasteiger partial charge in [0.15, 0.2) is 0 Å². The first kappa shape index (κ1) is 19.6. The van der Waals surface area contributed by atoms with Crippen molar-refractivity contribution in [1.29, 1.82) is 0 Å². The van der Waals surface area contributed by atoms with E-state index in [1.54, 1.807) is 11.8 Å². The zero-order valence-corrected chi connectivity index (χ0v) is 15.8. The molecule has 3 N–H and O–H groups in total. The Kier molecular flexibility index (Phi) is 6.08. The summed E-state index contributed by atoms with van der Waals surface area (Å²) in [4.78, 5) is 54.4. The summed E-state index contributed by atoms with van der Waals surface area (Å²) in [5.41, 5.74) is 0.675. The van der Waals surface area contributed by atoms with E-state index >= 15 is 0 Å². The van der Waals surface area contributed by atoms with E-state index < -0.39 is 11.2 Å². The van der Waals surface area contributed by atoms with E-state index in [0.717, 1.165) is 5.69 Å². The van der Waals surface area contributed by atoms with E-state index in [-0.39, 0.29) is 30.6 Å². The number of piperidine rings is 1. The number of likely N-dealkylation sites (tertiary alicyclic amines) is 1. The summed E-state index contributed by atoms with van der Waals surface area (Å²) >= 11 is 0. The Labute approximate surface area is 162 Å². The van der Waals surface area contributed by atoms with Gasteiger partial charge in [0.05, 0.1) is 0 Å². The van der Waals surface area contributed by atoms with Crippen molar-refractivity contribution < 1.29 is 9.59 Å². The molecule has 2 heterocycles. The van der Waals surface area contributed by atoms with E-state index in [0.29, 0.717) is 37.2 Å². The lowest BCUT2D eigenvalue weighted by Gasteiger charge is -2.31. The molecule has 1 saturated heterocycles. The fraction of sp³-hybridized carbons (Fsp3) is 0.400. The molecule has 2 amide bonds. The highest BCUT2D eigenvalue weighted by atomic mass is 16.2. The molecule has 0 bridgehead atoms. The average Bonchev–Trinajstić information content (AvgIpc) is 2.68. The summed E-state index contributed by atoms with van der Waals surface area (Å²) in [6, 6.07) is 9.31. The van der Waals surface area contributed by atoms with Crippen LogP contribution in [0.15, 0.2) is 39.9 Å². The number of rotatable bonds is 5. The molecular formula is C20H24N4O4. The molecule has 28 heavy (non-hydrogen) atoms. The lowest BCUT2D eigenvalue weighted by molar-refractivity contribution is -0.134. The summed E-state index contributed by atoms with van der Waals surface area (Å²) < 4.78 is 0. The van der Waals surface area contributed by atoms with Crippen molar-refractivity contribution in [3.05, 3.63) is 62.4 Å². The number of carbonyl (C=O) groups excluding carboxylic acids is 2. The van der Waals surface area contributed by atoms with Gasteiger partial charge in [-0.05, 0) is 38.3 Å². The maximum atomic E-state index is 12.5. The second-order valence-corrected chi connectivity index (χ2v) is 7.02. The lowest BCUT2D eigenvalue weighted by Crippen LogP contribution is -2.41. The highest BCUT2D eigenvalue weighted by Crippen LogP contribution is 2.20. The normalized spacial score (nSPS) is 14.7. The van der Waals surface area contributed by atoms with Crippen LogP contribution in [0.5, 0.6) is 0 Å². The zero-order chi connectivity index (χ0) is 20.1. The van der Waals surface area contributed by atoms with E-state index in [1.165, 1.54) is 0 Å². The van der Waals surface area contributed by atoms with Gasteiger partial charge in [-0.2, -0.15) is 0 Å². The number of benzene rings is 1. The SMILES string of the molecule is Cc1[nH]c(=O)[nH]c(=O)c1CCC(=O)N1CCC(C(=O)Nc2ccccc2)CC1. The molecule has 1 aliphatic rings. The van der Waals surface area contributed by atoms with Gasteiger partial charge in [0, 0.05) is 42.4 Å². The minimum absolute atomic E-state index is 0.0197. The smallest absolute Gasteiger partial charge is 0.325 e. The van der Waals surface area contributed by atoms with Gasteiger partial charge in [0.25, 0.3) is 5.56 Å². The van der Waals surface area contributed by atoms with Crippen LogP contribution in [0.3, 0.4) is 0 Å². The van der Waals surface area contributed by atoms with Gasteiger partial charge in [-0.1, -0.05) is 18.2 Å². The molecule has 2 aromatic rings. The molecule has 1 aromatic carbocycles. The quantitative estimate of drug-likeness (QED) is 0.718. The minimum atomic E-state index is -0.548. The van der Waals surface area contributed by atoms with E-state index in [4.69, 9.17) is 0 Å². The summed E-state index contributed by atoms with van der Waals surface area (Å²) in [5.74, 6) is -0.186. The van der Waals surface area contributed by atoms with Crippen LogP contribution in [-0.4, -0.2) is 39.8 Å². The lowest BCUT2D eigenvalue weighted by atomic mass is 9.95. The van der Waals surface area contributed by atoms with Gasteiger partial charge in [0.2, 0.25) is 11.8 Å². The highest BCUT2D eigenvalue weighted by molar-refractivity contribution is 5.92. The third kappa shape index (κ3) is 4.76. The molecule has 0 atom stereocenters. The monoisotopic (exact) mass is 384 g/mol. The Hall–Kier alpha value is -3.16. The van der Waals surface area contributed by atoms with Crippen LogP contribution in [0.1, 0.15) is 30.5 Å². The van der Waals surface area contributed by atoms with Crippen molar-refractivity contribution in [3.8, 4) is 0 Å². The number of nitrogens with zero attached hydrogens (tertiary/aromatic N) is 1. The van der Waals surface area contributed by atoms with Gasteiger partial charge < -0.3 is 15.2 Å². The Morgan fingerprint density at radius 3 is 2.43 bits per heavy atom. The number of carbonyl (C=O) groups is 2. The molecule has 1 aliphatic heterocycles. The molecule has 8 nitrogen and oxygen atoms in total. The van der Waals surface area contributed by atoms with Crippen molar-refractivity contribution >= 4 is 17.5 Å². The van der Waals surface area contributed by atoms with Crippen LogP contribution in [0.2, 0.25) is 0 Å². The van der Waals surface area contributed by atoms with Crippen molar-refractivity contribution in [2.45, 2.75) is 32.6 Å². The van der Waals surface area contributed by atoms with Crippen LogP contribution in [-0.2, 0) is 16.0 Å². The van der Waals surface area contributed by atoms with Crippen molar-refractivity contribution in [2.75, 3.05) is 18.4 Å². The summed E-state index contributed by atoms with van der Waals surface area (Å²) in [7, 11) is 0. The van der Waals surface area contributed by atoms with Crippen molar-refractivity contribution in [3.63, 3.8) is 0 Å². The Bertz CT molecular complexity index is 956. The molecule has 0 spiro atoms. The fourth-order valence-corrected chi connectivity index (χ4v) is 3.47. The van der Waals surface area contributed by atoms with Crippen LogP contribution in [0, 0.1) is 12.8 Å². The first-order valence-corrected chi connectivity index (χ1v) is 9.40. The number of nitrogens with one attached hydrogen (secondary N) is 3. The number of aryl methyl sites for hydroxylation is 1. The highest BCUT2D eigenvalue weighted by Gasteiger charge is 2.27. The fourth-order valence-electron chi connectivity index (χ4n) is 3.47. The van der Waals surface area contributed by atoms with Crippen molar-refractivity contribution in [2.24, 2.45) is 5.92 Å².